The summed E-state index contributed by atoms with van der Waals surface area (Å²) in [7, 11) is 0. The van der Waals surface area contributed by atoms with Gasteiger partial charge >= 0.3 is 0 Å². The number of rotatable bonds is 3. The molecule has 0 aliphatic carbocycles. The average Bonchev–Trinajstić information content (AvgIpc) is 3.55. The zero-order chi connectivity index (χ0) is 23.7. The van der Waals surface area contributed by atoms with E-state index in [2.05, 4.69) is 42.2 Å². The molecule has 0 bridgehead atoms. The fourth-order valence-electron chi connectivity index (χ4n) is 3.50. The van der Waals surface area contributed by atoms with Gasteiger partial charge in [-0.25, -0.2) is 0 Å². The highest BCUT2D eigenvalue weighted by molar-refractivity contribution is 9.10. The van der Waals surface area contributed by atoms with Gasteiger partial charge in [0.2, 0.25) is 19.5 Å². The number of carbonyl (C=O) groups is 2. The first-order chi connectivity index (χ1) is 16.5. The number of hydrogen-bond donors (Lipinski definition) is 1. The molecule has 3 aromatic carbocycles. The second-order valence-corrected chi connectivity index (χ2v) is 9.11. The summed E-state index contributed by atoms with van der Waals surface area (Å²) >= 11 is 6.74. The van der Waals surface area contributed by atoms with Crippen LogP contribution in [0.2, 0.25) is 0 Å². The van der Waals surface area contributed by atoms with Crippen LogP contribution < -0.4 is 24.3 Å². The Morgan fingerprint density at radius 3 is 2.06 bits per heavy atom. The summed E-state index contributed by atoms with van der Waals surface area (Å²) in [5.74, 6) is 2.77. The van der Waals surface area contributed by atoms with Crippen LogP contribution in [0.15, 0.2) is 56.4 Å². The van der Waals surface area contributed by atoms with Crippen molar-refractivity contribution in [1.82, 2.24) is 0 Å². The summed E-state index contributed by atoms with van der Waals surface area (Å²) in [5, 5.41) is 2.81. The second-order valence-electron chi connectivity index (χ2n) is 7.40. The van der Waals surface area contributed by atoms with Crippen molar-refractivity contribution in [2.24, 2.45) is 4.99 Å². The van der Waals surface area contributed by atoms with E-state index in [0.29, 0.717) is 29.2 Å². The summed E-state index contributed by atoms with van der Waals surface area (Å²) in [6.45, 7) is 0.471. The molecule has 0 atom stereocenters. The van der Waals surface area contributed by atoms with Crippen LogP contribution in [0.1, 0.15) is 21.5 Å². The Morgan fingerprint density at radius 2 is 1.41 bits per heavy atom. The molecule has 10 heteroatoms. The SMILES string of the molecule is O=C1Cc2cc(N=Cc3cc4c(cc3Br)OCO4)ccc2N1.O=Cc1cc2c(cc1Br)OCO2. The number of nitrogens with zero attached hydrogens (tertiary/aromatic N) is 1. The number of benzene rings is 3. The minimum atomic E-state index is 0.0228. The third-order valence-electron chi connectivity index (χ3n) is 5.18. The van der Waals surface area contributed by atoms with Gasteiger partial charge in [-0.05, 0) is 79.9 Å². The number of halogens is 2. The lowest BCUT2D eigenvalue weighted by atomic mass is 10.1. The molecule has 3 heterocycles. The van der Waals surface area contributed by atoms with E-state index >= 15 is 0 Å². The molecular weight excluding hydrogens is 572 g/mol. The molecule has 34 heavy (non-hydrogen) atoms. The van der Waals surface area contributed by atoms with Crippen molar-refractivity contribution >= 4 is 61.6 Å². The maximum absolute atomic E-state index is 11.4. The van der Waals surface area contributed by atoms with Crippen LogP contribution >= 0.6 is 31.9 Å². The molecule has 3 aromatic rings. The average molecular weight is 588 g/mol. The smallest absolute Gasteiger partial charge is 0.231 e. The van der Waals surface area contributed by atoms with Gasteiger partial charge in [-0.3, -0.25) is 14.6 Å². The van der Waals surface area contributed by atoms with Crippen LogP contribution in [-0.2, 0) is 11.2 Å². The van der Waals surface area contributed by atoms with E-state index in [1.807, 2.05) is 30.3 Å². The van der Waals surface area contributed by atoms with E-state index in [4.69, 9.17) is 18.9 Å². The van der Waals surface area contributed by atoms with Crippen molar-refractivity contribution in [3.05, 3.63) is 68.1 Å². The Labute approximate surface area is 211 Å². The van der Waals surface area contributed by atoms with Crippen molar-refractivity contribution in [2.75, 3.05) is 18.9 Å². The molecule has 1 amide bonds. The Bertz CT molecular complexity index is 1340. The standard InChI is InChI=1S/C16H11BrN2O3.C8H5BrO3/c17-12-6-15-14(21-8-22-15)4-10(12)7-18-11-1-2-13-9(3-11)5-16(20)19-13;9-6-2-8-7(11-4-12-8)1-5(6)3-10/h1-4,6-7H,5,8H2,(H,19,20);1-3H,4H2. The first-order valence-corrected chi connectivity index (χ1v) is 11.7. The van der Waals surface area contributed by atoms with Crippen molar-refractivity contribution in [3.63, 3.8) is 0 Å². The maximum atomic E-state index is 11.4. The lowest BCUT2D eigenvalue weighted by Gasteiger charge is -2.02. The predicted octanol–water partition coefficient (Wildman–Crippen LogP) is 5.41. The first kappa shape index (κ1) is 22.4. The molecule has 3 aliphatic heterocycles. The summed E-state index contributed by atoms with van der Waals surface area (Å²) in [4.78, 5) is 26.3. The number of aliphatic imine (C=N–C) groups is 1. The molecule has 3 aliphatic rings. The fourth-order valence-corrected chi connectivity index (χ4v) is 4.34. The van der Waals surface area contributed by atoms with Crippen molar-refractivity contribution in [3.8, 4) is 23.0 Å². The van der Waals surface area contributed by atoms with Gasteiger partial charge in [-0.1, -0.05) is 0 Å². The Kier molecular flexibility index (Phi) is 6.25. The first-order valence-electron chi connectivity index (χ1n) is 10.1. The van der Waals surface area contributed by atoms with Gasteiger partial charge in [0, 0.05) is 32.0 Å². The maximum Gasteiger partial charge on any atom is 0.231 e. The van der Waals surface area contributed by atoms with Gasteiger partial charge in [0.15, 0.2) is 29.3 Å². The van der Waals surface area contributed by atoms with Crippen LogP contribution in [0.4, 0.5) is 11.4 Å². The Balaban J connectivity index is 0.000000169. The summed E-state index contributed by atoms with van der Waals surface area (Å²) in [6.07, 6.45) is 2.94. The number of fused-ring (bicyclic) bond motifs is 3. The van der Waals surface area contributed by atoms with E-state index in [0.717, 1.165) is 43.5 Å². The minimum Gasteiger partial charge on any atom is -0.454 e. The number of aldehydes is 1. The van der Waals surface area contributed by atoms with Crippen LogP contribution in [0, 0.1) is 0 Å². The molecule has 0 fully saturated rings. The quantitative estimate of drug-likeness (QED) is 0.325. The van der Waals surface area contributed by atoms with Crippen LogP contribution in [0.25, 0.3) is 0 Å². The van der Waals surface area contributed by atoms with Crippen molar-refractivity contribution in [1.29, 1.82) is 0 Å². The molecular formula is C24H16Br2N2O6. The van der Waals surface area contributed by atoms with E-state index in [-0.39, 0.29) is 19.5 Å². The minimum absolute atomic E-state index is 0.0228. The third-order valence-corrected chi connectivity index (χ3v) is 6.55. The zero-order valence-corrected chi connectivity index (χ0v) is 20.6. The van der Waals surface area contributed by atoms with Crippen LogP contribution in [0.3, 0.4) is 0 Å². The molecule has 0 radical (unpaired) electrons. The number of carbonyl (C=O) groups excluding carboxylic acids is 2. The topological polar surface area (TPSA) is 95.5 Å². The van der Waals surface area contributed by atoms with Crippen LogP contribution in [0.5, 0.6) is 23.0 Å². The van der Waals surface area contributed by atoms with E-state index in [9.17, 15) is 9.59 Å². The Hall–Kier alpha value is -3.37. The van der Waals surface area contributed by atoms with Gasteiger partial charge in [-0.15, -0.1) is 0 Å². The number of hydrogen-bond acceptors (Lipinski definition) is 7. The molecule has 0 saturated heterocycles. The van der Waals surface area contributed by atoms with Gasteiger partial charge in [0.05, 0.1) is 12.1 Å². The van der Waals surface area contributed by atoms with Gasteiger partial charge in [-0.2, -0.15) is 0 Å². The summed E-state index contributed by atoms with van der Waals surface area (Å²) in [6, 6.07) is 12.8. The van der Waals surface area contributed by atoms with Crippen LogP contribution in [-0.4, -0.2) is 32.0 Å². The molecule has 0 spiro atoms. The molecule has 172 valence electrons. The highest BCUT2D eigenvalue weighted by atomic mass is 79.9. The van der Waals surface area contributed by atoms with Gasteiger partial charge in [0.1, 0.15) is 0 Å². The number of amides is 1. The van der Waals surface area contributed by atoms with Crippen molar-refractivity contribution in [2.45, 2.75) is 6.42 Å². The summed E-state index contributed by atoms with van der Waals surface area (Å²) < 4.78 is 22.5. The number of nitrogens with one attached hydrogen (secondary N) is 1. The highest BCUT2D eigenvalue weighted by Gasteiger charge is 2.18. The molecule has 0 aromatic heterocycles. The number of ether oxygens (including phenoxy) is 4. The Morgan fingerprint density at radius 1 is 0.824 bits per heavy atom. The number of anilines is 1. The second kappa shape index (κ2) is 9.47. The van der Waals surface area contributed by atoms with Crippen molar-refractivity contribution < 1.29 is 28.5 Å². The normalized spacial score (nSPS) is 14.5. The molecule has 8 nitrogen and oxygen atoms in total. The molecule has 1 N–H and O–H groups in total. The fraction of sp³-hybridized carbons (Fsp3) is 0.125. The van der Waals surface area contributed by atoms with E-state index in [1.165, 1.54) is 0 Å². The predicted molar refractivity (Wildman–Crippen MR) is 132 cm³/mol. The molecule has 0 saturated carbocycles. The third kappa shape index (κ3) is 4.64. The molecule has 0 unspecified atom stereocenters. The van der Waals surface area contributed by atoms with E-state index in [1.54, 1.807) is 18.3 Å². The van der Waals surface area contributed by atoms with Gasteiger partial charge < -0.3 is 24.3 Å². The largest absolute Gasteiger partial charge is 0.454 e. The van der Waals surface area contributed by atoms with Gasteiger partial charge in [0.25, 0.3) is 0 Å². The highest BCUT2D eigenvalue weighted by Crippen LogP contribution is 2.37. The molecule has 6 rings (SSSR count). The zero-order valence-electron chi connectivity index (χ0n) is 17.5. The van der Waals surface area contributed by atoms with E-state index < -0.39 is 0 Å². The lowest BCUT2D eigenvalue weighted by Crippen LogP contribution is -2.03. The summed E-state index contributed by atoms with van der Waals surface area (Å²) in [5.41, 5.74) is 4.12. The monoisotopic (exact) mass is 586 g/mol. The lowest BCUT2D eigenvalue weighted by molar-refractivity contribution is -0.115.